The van der Waals surface area contributed by atoms with Gasteiger partial charge >= 0.3 is 11.9 Å². The molecule has 0 aliphatic carbocycles. The molecule has 4 aromatic carbocycles. The van der Waals surface area contributed by atoms with Crippen LogP contribution in [0.3, 0.4) is 0 Å². The van der Waals surface area contributed by atoms with Gasteiger partial charge in [-0.15, -0.1) is 0 Å². The van der Waals surface area contributed by atoms with E-state index in [1.165, 1.54) is 53.2 Å². The fourth-order valence-corrected chi connectivity index (χ4v) is 15.7. The van der Waals surface area contributed by atoms with Crippen molar-refractivity contribution in [2.45, 2.75) is 161 Å². The zero-order chi connectivity index (χ0) is 59.3. The van der Waals surface area contributed by atoms with Gasteiger partial charge < -0.3 is 19.0 Å². The van der Waals surface area contributed by atoms with Gasteiger partial charge in [-0.2, -0.15) is 23.5 Å². The Bertz CT molecular complexity index is 3340. The SMILES string of the molecule is CCC(CC)(c1ccc(C#CC2(O)CCSCC2)c(C)c1)c1ccc(-c2cncc(CC(=O)OC)c2)c(C)c1.CCC(CC)(c1ccc(C#CC2(O[Si](C)(C)C)CCSCC2)c(C)c1)c1ccc(-c2cncc(CC(=O)OC)c2)c(C)c1. The van der Waals surface area contributed by atoms with Crippen LogP contribution >= 0.6 is 23.5 Å². The Balaban J connectivity index is 0.000000237. The summed E-state index contributed by atoms with van der Waals surface area (Å²) in [5.74, 6) is 17.3. The van der Waals surface area contributed by atoms with E-state index in [-0.39, 0.29) is 41.2 Å². The van der Waals surface area contributed by atoms with Gasteiger partial charge in [-0.05, 0) is 213 Å². The summed E-state index contributed by atoms with van der Waals surface area (Å²) in [5.41, 5.74) is 16.6. The number of thioether (sulfide) groups is 2. The van der Waals surface area contributed by atoms with Gasteiger partial charge in [0.1, 0.15) is 11.2 Å². The number of carbonyl (C=O) groups is 2. The molecule has 0 atom stereocenters. The molecule has 432 valence electrons. The fraction of sp³-hybridized carbons (Fsp3) is 0.437. The first-order valence-electron chi connectivity index (χ1n) is 29.3. The van der Waals surface area contributed by atoms with E-state index in [4.69, 9.17) is 13.9 Å². The largest absolute Gasteiger partial charge is 0.469 e. The number of ether oxygens (including phenoxy) is 2. The van der Waals surface area contributed by atoms with Gasteiger partial charge in [0.15, 0.2) is 8.32 Å². The minimum Gasteiger partial charge on any atom is -0.469 e. The van der Waals surface area contributed by atoms with Crippen molar-refractivity contribution in [3.05, 3.63) is 176 Å². The smallest absolute Gasteiger partial charge is 0.310 e. The van der Waals surface area contributed by atoms with Gasteiger partial charge in [-0.1, -0.05) is 112 Å². The van der Waals surface area contributed by atoms with Crippen LogP contribution in [0.25, 0.3) is 22.3 Å². The quantitative estimate of drug-likeness (QED) is 0.0572. The number of aromatic nitrogens is 2. The maximum absolute atomic E-state index is 11.8. The standard InChI is InChI=1S/C37H47NO3SSi.C34H39NO3S/c1-9-37(10-2,33-13-14-34(28(4)22-33)31-23-29(25-38-26-31)24-35(39)40-5)32-12-11-30(27(3)21-32)15-16-36(41-43(6,7)8)17-19-42-20-18-36;1-6-34(7-2,29-9-8-27(24(3)18-29)12-13-33(37)14-16-39-17-15-33)30-10-11-31(25(4)19-30)28-20-26(22-35-23-28)21-32(36)38-5/h11-14,21-23,25-26H,9-10,17-20,24H2,1-8H3;8-11,18-20,22-23,37H,6-7,14-17,21H2,1-5H3. The van der Waals surface area contributed by atoms with E-state index in [1.54, 1.807) is 12.4 Å². The molecule has 0 radical (unpaired) electrons. The van der Waals surface area contributed by atoms with Gasteiger partial charge in [0.2, 0.25) is 0 Å². The van der Waals surface area contributed by atoms with Crippen molar-refractivity contribution in [2.24, 2.45) is 0 Å². The third-order valence-electron chi connectivity index (χ3n) is 16.9. The molecule has 2 aromatic heterocycles. The Morgan fingerprint density at radius 1 is 0.549 bits per heavy atom. The summed E-state index contributed by atoms with van der Waals surface area (Å²) in [6.07, 6.45) is 15.0. The Morgan fingerprint density at radius 2 is 0.927 bits per heavy atom. The van der Waals surface area contributed by atoms with Crippen molar-refractivity contribution in [3.8, 4) is 45.9 Å². The van der Waals surface area contributed by atoms with Crippen molar-refractivity contribution < 1.29 is 28.6 Å². The summed E-state index contributed by atoms with van der Waals surface area (Å²) in [6.45, 7) is 24.5. The van der Waals surface area contributed by atoms with Crippen molar-refractivity contribution >= 4 is 43.8 Å². The topological polar surface area (TPSA) is 108 Å². The number of aliphatic hydroxyl groups is 1. The summed E-state index contributed by atoms with van der Waals surface area (Å²) in [7, 11) is 1.09. The molecular formula is C71H86N2O6S2Si. The zero-order valence-corrected chi connectivity index (χ0v) is 53.6. The van der Waals surface area contributed by atoms with E-state index in [1.807, 2.05) is 48.1 Å². The molecule has 0 spiro atoms. The highest BCUT2D eigenvalue weighted by atomic mass is 32.2. The molecule has 4 heterocycles. The number of carbonyl (C=O) groups excluding carboxylic acids is 2. The second kappa shape index (κ2) is 28.1. The number of esters is 2. The van der Waals surface area contributed by atoms with Crippen LogP contribution < -0.4 is 0 Å². The molecule has 2 aliphatic heterocycles. The lowest BCUT2D eigenvalue weighted by molar-refractivity contribution is -0.140. The summed E-state index contributed by atoms with van der Waals surface area (Å²) < 4.78 is 16.4. The maximum Gasteiger partial charge on any atom is 0.310 e. The lowest BCUT2D eigenvalue weighted by atomic mass is 9.69. The van der Waals surface area contributed by atoms with Gasteiger partial charge in [-0.25, -0.2) is 0 Å². The summed E-state index contributed by atoms with van der Waals surface area (Å²) in [4.78, 5) is 32.3. The lowest BCUT2D eigenvalue weighted by Crippen LogP contribution is -2.44. The third-order valence-corrected chi connectivity index (χ3v) is 19.8. The number of pyridine rings is 2. The number of hydrogen-bond acceptors (Lipinski definition) is 10. The monoisotopic (exact) mass is 1150 g/mol. The molecule has 2 saturated heterocycles. The molecule has 2 fully saturated rings. The first kappa shape index (κ1) is 63.7. The molecule has 8 nitrogen and oxygen atoms in total. The van der Waals surface area contributed by atoms with Crippen LogP contribution in [0.1, 0.15) is 146 Å². The molecule has 82 heavy (non-hydrogen) atoms. The van der Waals surface area contributed by atoms with Crippen LogP contribution in [-0.2, 0) is 47.2 Å². The number of aryl methyl sites for hydroxylation is 4. The van der Waals surface area contributed by atoms with E-state index in [2.05, 4.69) is 181 Å². The number of methoxy groups -OCH3 is 2. The molecule has 2 aliphatic rings. The second-order valence-corrected chi connectivity index (χ2v) is 30.2. The number of rotatable bonds is 16. The summed E-state index contributed by atoms with van der Waals surface area (Å²) >= 11 is 3.89. The number of benzene rings is 4. The average Bonchev–Trinajstić information content (AvgIpc) is 3.66. The predicted molar refractivity (Wildman–Crippen MR) is 344 cm³/mol. The first-order valence-corrected chi connectivity index (χ1v) is 35.0. The Kier molecular flexibility index (Phi) is 21.8. The highest BCUT2D eigenvalue weighted by Crippen LogP contribution is 2.43. The van der Waals surface area contributed by atoms with E-state index < -0.39 is 13.9 Å². The van der Waals surface area contributed by atoms with Crippen molar-refractivity contribution in [1.29, 1.82) is 0 Å². The molecule has 6 aromatic rings. The molecule has 0 saturated carbocycles. The van der Waals surface area contributed by atoms with Gasteiger partial charge in [0, 0.05) is 57.9 Å². The van der Waals surface area contributed by atoms with Crippen molar-refractivity contribution in [1.82, 2.24) is 9.97 Å². The second-order valence-electron chi connectivity index (χ2n) is 23.3. The van der Waals surface area contributed by atoms with Crippen molar-refractivity contribution in [3.63, 3.8) is 0 Å². The maximum atomic E-state index is 11.8. The van der Waals surface area contributed by atoms with E-state index in [0.717, 1.165) is 124 Å². The number of nitrogens with zero attached hydrogens (tertiary/aromatic N) is 2. The Morgan fingerprint density at radius 3 is 1.29 bits per heavy atom. The molecule has 11 heteroatoms. The van der Waals surface area contributed by atoms with E-state index in [0.29, 0.717) is 0 Å². The Labute approximate surface area is 500 Å². The minimum absolute atomic E-state index is 0.103. The highest BCUT2D eigenvalue weighted by molar-refractivity contribution is 7.99. The predicted octanol–water partition coefficient (Wildman–Crippen LogP) is 15.5. The molecule has 8 rings (SSSR count). The van der Waals surface area contributed by atoms with Crippen LogP contribution in [0.4, 0.5) is 0 Å². The van der Waals surface area contributed by atoms with E-state index in [9.17, 15) is 14.7 Å². The molecule has 0 amide bonds. The number of hydrogen-bond donors (Lipinski definition) is 1. The van der Waals surface area contributed by atoms with Crippen LogP contribution in [0.2, 0.25) is 19.6 Å². The van der Waals surface area contributed by atoms with E-state index >= 15 is 0 Å². The highest BCUT2D eigenvalue weighted by Gasteiger charge is 2.37. The minimum atomic E-state index is -1.73. The summed E-state index contributed by atoms with van der Waals surface area (Å²) in [6, 6.07) is 31.1. The average molecular weight is 1160 g/mol. The third kappa shape index (κ3) is 15.4. The fourth-order valence-electron chi connectivity index (χ4n) is 11.9. The lowest BCUT2D eigenvalue weighted by Gasteiger charge is -2.37. The Hall–Kier alpha value is -5.92. The van der Waals surface area contributed by atoms with Crippen LogP contribution in [-0.4, -0.2) is 83.8 Å². The molecule has 0 bridgehead atoms. The molecule has 1 N–H and O–H groups in total. The van der Waals surface area contributed by atoms with Crippen LogP contribution in [0, 0.1) is 51.4 Å². The summed E-state index contributed by atoms with van der Waals surface area (Å²) in [5, 5.41) is 10.8. The molecule has 0 unspecified atom stereocenters. The zero-order valence-electron chi connectivity index (χ0n) is 51.0. The van der Waals surface area contributed by atoms with Crippen LogP contribution in [0.15, 0.2) is 110 Å². The first-order chi connectivity index (χ1) is 39.2. The van der Waals surface area contributed by atoms with Crippen molar-refractivity contribution in [2.75, 3.05) is 37.2 Å². The van der Waals surface area contributed by atoms with Crippen LogP contribution in [0.5, 0.6) is 0 Å². The van der Waals surface area contributed by atoms with Gasteiger partial charge in [0.25, 0.3) is 0 Å². The van der Waals surface area contributed by atoms with Gasteiger partial charge in [0.05, 0.1) is 27.1 Å². The molecular weight excluding hydrogens is 1070 g/mol. The van der Waals surface area contributed by atoms with Gasteiger partial charge in [-0.3, -0.25) is 19.6 Å². The normalized spacial score (nSPS) is 14.9.